The Bertz CT molecular complexity index is 317. The van der Waals surface area contributed by atoms with Crippen molar-refractivity contribution in [2.24, 2.45) is 11.8 Å². The van der Waals surface area contributed by atoms with Gasteiger partial charge in [0.05, 0.1) is 21.3 Å². The van der Waals surface area contributed by atoms with Crippen molar-refractivity contribution >= 4 is 29.5 Å². The summed E-state index contributed by atoms with van der Waals surface area (Å²) in [6, 6.07) is 0. The Hall–Kier alpha value is -1.30. The zero-order valence-corrected chi connectivity index (χ0v) is 9.74. The van der Waals surface area contributed by atoms with Crippen LogP contribution in [0.3, 0.4) is 0 Å². The van der Waals surface area contributed by atoms with Crippen LogP contribution < -0.4 is 0 Å². The molecular weight excluding hydrogens is 240 g/mol. The lowest BCUT2D eigenvalue weighted by Gasteiger charge is -2.05. The molecule has 0 aliphatic heterocycles. The van der Waals surface area contributed by atoms with E-state index < -0.39 is 34.6 Å². The molecule has 6 nitrogen and oxygen atoms in total. The van der Waals surface area contributed by atoms with Crippen molar-refractivity contribution in [1.82, 2.24) is 0 Å². The number of hydrogen-bond donors (Lipinski definition) is 0. The molecule has 0 radical (unpaired) electrons. The molecule has 7 heteroatoms. The van der Waals surface area contributed by atoms with Gasteiger partial charge in [0.25, 0.3) is 0 Å². The first kappa shape index (κ1) is 12.8. The van der Waals surface area contributed by atoms with E-state index in [-0.39, 0.29) is 0 Å². The van der Waals surface area contributed by atoms with Crippen molar-refractivity contribution < 1.29 is 28.6 Å². The monoisotopic (exact) mass is 250 g/mol. The fraction of sp³-hybridized carbons (Fsp3) is 0.667. The van der Waals surface area contributed by atoms with E-state index in [1.807, 2.05) is 0 Å². The summed E-state index contributed by atoms with van der Waals surface area (Å²) in [6.45, 7) is 0. The highest BCUT2D eigenvalue weighted by Crippen LogP contribution is 2.57. The Morgan fingerprint density at radius 3 is 1.56 bits per heavy atom. The molecule has 0 aromatic rings. The predicted octanol–water partition coefficient (Wildman–Crippen LogP) is -0.271. The molecule has 0 unspecified atom stereocenters. The SMILES string of the molecule is COC(=O)[C@H]1[C@H](C(=O)OC)C1(Cl)C(=O)OC. The van der Waals surface area contributed by atoms with E-state index in [9.17, 15) is 14.4 Å². The molecule has 0 aromatic heterocycles. The third kappa shape index (κ3) is 1.63. The number of rotatable bonds is 3. The van der Waals surface area contributed by atoms with Crippen LogP contribution in [-0.2, 0) is 28.6 Å². The lowest BCUT2D eigenvalue weighted by atomic mass is 10.3. The molecule has 1 aliphatic carbocycles. The van der Waals surface area contributed by atoms with Gasteiger partial charge in [0.1, 0.15) is 11.8 Å². The third-order valence-corrected chi connectivity index (χ3v) is 3.16. The molecule has 16 heavy (non-hydrogen) atoms. The van der Waals surface area contributed by atoms with Crippen molar-refractivity contribution in [1.29, 1.82) is 0 Å². The minimum absolute atomic E-state index is 0.740. The number of hydrogen-bond acceptors (Lipinski definition) is 6. The van der Waals surface area contributed by atoms with Crippen LogP contribution in [0.5, 0.6) is 0 Å². The lowest BCUT2D eigenvalue weighted by Crippen LogP contribution is -2.25. The standard InChI is InChI=1S/C9H11ClO6/c1-14-6(11)4-5(7(12)15-2)9(4,10)8(13)16-3/h4-5H,1-3H3/t4-,5-/m1/s1. The van der Waals surface area contributed by atoms with Crippen molar-refractivity contribution in [2.75, 3.05) is 21.3 Å². The molecule has 0 amide bonds. The summed E-state index contributed by atoms with van der Waals surface area (Å²) in [5.41, 5.74) is 0. The van der Waals surface area contributed by atoms with E-state index >= 15 is 0 Å². The fourth-order valence-electron chi connectivity index (χ4n) is 1.64. The topological polar surface area (TPSA) is 78.9 Å². The number of esters is 3. The maximum atomic E-state index is 11.4. The summed E-state index contributed by atoms with van der Waals surface area (Å²) in [7, 11) is 3.40. The zero-order chi connectivity index (χ0) is 12.5. The van der Waals surface area contributed by atoms with Crippen LogP contribution in [0.25, 0.3) is 0 Å². The van der Waals surface area contributed by atoms with Gasteiger partial charge in [0.2, 0.25) is 0 Å². The first-order valence-electron chi connectivity index (χ1n) is 4.38. The van der Waals surface area contributed by atoms with Crippen LogP contribution in [-0.4, -0.2) is 44.1 Å². The molecule has 0 heterocycles. The minimum Gasteiger partial charge on any atom is -0.469 e. The number of ether oxygens (including phenoxy) is 3. The van der Waals surface area contributed by atoms with E-state index in [1.165, 1.54) is 0 Å². The van der Waals surface area contributed by atoms with Crippen LogP contribution in [0, 0.1) is 11.8 Å². The molecule has 0 aromatic carbocycles. The van der Waals surface area contributed by atoms with Crippen molar-refractivity contribution in [2.45, 2.75) is 4.87 Å². The molecule has 2 atom stereocenters. The van der Waals surface area contributed by atoms with Crippen LogP contribution >= 0.6 is 11.6 Å². The van der Waals surface area contributed by atoms with E-state index in [2.05, 4.69) is 14.2 Å². The maximum absolute atomic E-state index is 11.4. The molecule has 1 fully saturated rings. The predicted molar refractivity (Wildman–Crippen MR) is 51.6 cm³/mol. The number of alkyl halides is 1. The second kappa shape index (κ2) is 4.29. The third-order valence-electron chi connectivity index (χ3n) is 2.54. The van der Waals surface area contributed by atoms with Gasteiger partial charge in [-0.1, -0.05) is 0 Å². The van der Waals surface area contributed by atoms with Gasteiger partial charge in [-0.25, -0.2) is 0 Å². The average Bonchev–Trinajstić information content (AvgIpc) is 2.93. The highest BCUT2D eigenvalue weighted by molar-refractivity contribution is 6.41. The maximum Gasteiger partial charge on any atom is 0.328 e. The lowest BCUT2D eigenvalue weighted by molar-refractivity contribution is -0.148. The van der Waals surface area contributed by atoms with Crippen LogP contribution in [0.4, 0.5) is 0 Å². The summed E-state index contributed by atoms with van der Waals surface area (Å²) in [6.07, 6.45) is 0. The van der Waals surface area contributed by atoms with E-state index in [4.69, 9.17) is 11.6 Å². The molecule has 1 saturated carbocycles. The van der Waals surface area contributed by atoms with Gasteiger partial charge in [-0.05, 0) is 0 Å². The summed E-state index contributed by atoms with van der Waals surface area (Å²) in [5.74, 6) is -4.44. The Morgan fingerprint density at radius 1 is 0.938 bits per heavy atom. The average molecular weight is 251 g/mol. The zero-order valence-electron chi connectivity index (χ0n) is 8.98. The van der Waals surface area contributed by atoms with E-state index in [0.29, 0.717) is 0 Å². The fourth-order valence-corrected chi connectivity index (χ4v) is 2.08. The minimum atomic E-state index is -1.70. The smallest absolute Gasteiger partial charge is 0.328 e. The molecule has 1 rings (SSSR count). The number of carbonyl (C=O) groups is 3. The molecule has 1 aliphatic rings. The Kier molecular flexibility index (Phi) is 3.42. The van der Waals surface area contributed by atoms with E-state index in [0.717, 1.165) is 21.3 Å². The van der Waals surface area contributed by atoms with Crippen LogP contribution in [0.2, 0.25) is 0 Å². The van der Waals surface area contributed by atoms with Crippen molar-refractivity contribution in [3.8, 4) is 0 Å². The normalized spacial score (nSPS) is 31.5. The van der Waals surface area contributed by atoms with Gasteiger partial charge in [-0.15, -0.1) is 11.6 Å². The number of carbonyl (C=O) groups excluding carboxylic acids is 3. The Labute approximate surface area is 96.8 Å². The van der Waals surface area contributed by atoms with Crippen LogP contribution in [0.15, 0.2) is 0 Å². The summed E-state index contributed by atoms with van der Waals surface area (Å²) in [5, 5.41) is 0. The molecule has 0 saturated heterocycles. The largest absolute Gasteiger partial charge is 0.469 e. The van der Waals surface area contributed by atoms with Gasteiger partial charge in [-0.2, -0.15) is 0 Å². The first-order valence-corrected chi connectivity index (χ1v) is 4.75. The second-order valence-electron chi connectivity index (χ2n) is 3.26. The van der Waals surface area contributed by atoms with Gasteiger partial charge >= 0.3 is 17.9 Å². The Morgan fingerprint density at radius 2 is 1.31 bits per heavy atom. The van der Waals surface area contributed by atoms with Gasteiger partial charge in [-0.3, -0.25) is 14.4 Å². The van der Waals surface area contributed by atoms with Gasteiger partial charge in [0.15, 0.2) is 4.87 Å². The van der Waals surface area contributed by atoms with Crippen molar-refractivity contribution in [3.05, 3.63) is 0 Å². The Balaban J connectivity index is 2.96. The highest BCUT2D eigenvalue weighted by Gasteiger charge is 2.78. The summed E-state index contributed by atoms with van der Waals surface area (Å²) >= 11 is 5.90. The van der Waals surface area contributed by atoms with Crippen LogP contribution in [0.1, 0.15) is 0 Å². The second-order valence-corrected chi connectivity index (χ2v) is 3.89. The van der Waals surface area contributed by atoms with Crippen molar-refractivity contribution in [3.63, 3.8) is 0 Å². The quantitative estimate of drug-likeness (QED) is 0.390. The molecule has 0 N–H and O–H groups in total. The summed E-state index contributed by atoms with van der Waals surface area (Å²) < 4.78 is 13.3. The molecule has 0 spiro atoms. The van der Waals surface area contributed by atoms with E-state index in [1.54, 1.807) is 0 Å². The van der Waals surface area contributed by atoms with Gasteiger partial charge in [0, 0.05) is 0 Å². The number of methoxy groups -OCH3 is 3. The number of halogens is 1. The molecular formula is C9H11ClO6. The van der Waals surface area contributed by atoms with Gasteiger partial charge < -0.3 is 14.2 Å². The summed E-state index contributed by atoms with van der Waals surface area (Å²) in [4.78, 5) is 32.3. The first-order chi connectivity index (χ1) is 7.44. The highest BCUT2D eigenvalue weighted by atomic mass is 35.5. The molecule has 0 bridgehead atoms. The molecule has 90 valence electrons.